The zero-order chi connectivity index (χ0) is 14.9. The average Bonchev–Trinajstić information content (AvgIpc) is 2.83. The van der Waals surface area contributed by atoms with Gasteiger partial charge in [-0.05, 0) is 44.4 Å². The molecule has 3 aliphatic rings. The fourth-order valence-electron chi connectivity index (χ4n) is 4.03. The summed E-state index contributed by atoms with van der Waals surface area (Å²) in [6, 6.07) is 0. The molecule has 5 unspecified atom stereocenters. The third-order valence-electron chi connectivity index (χ3n) is 4.71. The largest absolute Gasteiger partial charge is 0.370 e. The van der Waals surface area contributed by atoms with Crippen LogP contribution in [0.5, 0.6) is 0 Å². The maximum atomic E-state index is 13.5. The van der Waals surface area contributed by atoms with Crippen molar-refractivity contribution in [2.24, 2.45) is 17.8 Å². The zero-order valence-corrected chi connectivity index (χ0v) is 12.1. The highest BCUT2D eigenvalue weighted by Crippen LogP contribution is 2.57. The topological polar surface area (TPSA) is 72.8 Å². The van der Waals surface area contributed by atoms with E-state index in [1.165, 1.54) is 0 Å². The molecule has 0 radical (unpaired) electrons. The molecular formula is C12H18F2O5S. The summed E-state index contributed by atoms with van der Waals surface area (Å²) >= 11 is 0. The van der Waals surface area contributed by atoms with Gasteiger partial charge >= 0.3 is 15.4 Å². The molecule has 8 heteroatoms. The fraction of sp³-hybridized carbons (Fsp3) is 1.00. The SMILES string of the molecule is CC1(C)OC2C3CC(CC(F)(F)S(=O)(=O)O)C(C3)C2O1. The average molecular weight is 312 g/mol. The summed E-state index contributed by atoms with van der Waals surface area (Å²) in [6.07, 6.45) is 0.0464. The molecule has 0 amide bonds. The molecule has 3 fully saturated rings. The summed E-state index contributed by atoms with van der Waals surface area (Å²) in [5, 5.41) is -4.09. The van der Waals surface area contributed by atoms with Crippen LogP contribution in [-0.2, 0) is 19.6 Å². The number of rotatable bonds is 3. The molecule has 0 aromatic rings. The molecule has 0 aromatic carbocycles. The van der Waals surface area contributed by atoms with E-state index in [-0.39, 0.29) is 24.0 Å². The molecule has 0 aromatic heterocycles. The van der Waals surface area contributed by atoms with Gasteiger partial charge in [-0.2, -0.15) is 17.2 Å². The molecule has 3 rings (SSSR count). The number of hydrogen-bond acceptors (Lipinski definition) is 4. The second kappa shape index (κ2) is 4.12. The van der Waals surface area contributed by atoms with Gasteiger partial charge in [0, 0.05) is 6.42 Å². The Kier molecular flexibility index (Phi) is 3.01. The van der Waals surface area contributed by atoms with Gasteiger partial charge in [0.1, 0.15) is 0 Å². The first-order valence-corrected chi connectivity index (χ1v) is 8.15. The Hall–Kier alpha value is -0.310. The Labute approximate surface area is 116 Å². The van der Waals surface area contributed by atoms with Gasteiger partial charge in [0.25, 0.3) is 0 Å². The summed E-state index contributed by atoms with van der Waals surface area (Å²) in [7, 11) is -5.36. The van der Waals surface area contributed by atoms with Crippen molar-refractivity contribution < 1.29 is 31.2 Å². The highest BCUT2D eigenvalue weighted by molar-refractivity contribution is 7.86. The molecule has 20 heavy (non-hydrogen) atoms. The molecule has 1 N–H and O–H groups in total. The predicted octanol–water partition coefficient (Wildman–Crippen LogP) is 2.03. The van der Waals surface area contributed by atoms with Crippen molar-refractivity contribution in [1.82, 2.24) is 0 Å². The van der Waals surface area contributed by atoms with Crippen molar-refractivity contribution in [2.75, 3.05) is 0 Å². The number of alkyl halides is 2. The van der Waals surface area contributed by atoms with E-state index in [1.807, 2.05) is 0 Å². The summed E-state index contributed by atoms with van der Waals surface area (Å²) < 4.78 is 68.6. The maximum absolute atomic E-state index is 13.5. The van der Waals surface area contributed by atoms with Gasteiger partial charge < -0.3 is 9.47 Å². The molecule has 5 atom stereocenters. The molecule has 2 aliphatic carbocycles. The summed E-state index contributed by atoms with van der Waals surface area (Å²) in [4.78, 5) is 0. The van der Waals surface area contributed by atoms with Crippen LogP contribution in [-0.4, -0.2) is 36.2 Å². The monoisotopic (exact) mass is 312 g/mol. The molecule has 1 saturated heterocycles. The third kappa shape index (κ3) is 2.17. The highest BCUT2D eigenvalue weighted by atomic mass is 32.2. The van der Waals surface area contributed by atoms with Gasteiger partial charge in [-0.15, -0.1) is 0 Å². The lowest BCUT2D eigenvalue weighted by molar-refractivity contribution is -0.158. The molecule has 1 aliphatic heterocycles. The molecule has 0 spiro atoms. The van der Waals surface area contributed by atoms with Crippen LogP contribution in [0.15, 0.2) is 0 Å². The highest BCUT2D eigenvalue weighted by Gasteiger charge is 2.62. The molecular weight excluding hydrogens is 294 g/mol. The molecule has 116 valence electrons. The van der Waals surface area contributed by atoms with E-state index in [0.717, 1.165) is 6.42 Å². The van der Waals surface area contributed by atoms with E-state index in [1.54, 1.807) is 13.8 Å². The van der Waals surface area contributed by atoms with Crippen molar-refractivity contribution in [2.45, 2.75) is 56.4 Å². The van der Waals surface area contributed by atoms with Crippen molar-refractivity contribution >= 4 is 10.1 Å². The lowest BCUT2D eigenvalue weighted by Crippen LogP contribution is -2.39. The Morgan fingerprint density at radius 1 is 1.25 bits per heavy atom. The minimum atomic E-state index is -5.36. The summed E-state index contributed by atoms with van der Waals surface area (Å²) in [5.41, 5.74) is 0. The molecule has 2 bridgehead atoms. The van der Waals surface area contributed by atoms with E-state index in [4.69, 9.17) is 14.0 Å². The van der Waals surface area contributed by atoms with Crippen molar-refractivity contribution in [3.05, 3.63) is 0 Å². The lowest BCUT2D eigenvalue weighted by Gasteiger charge is -2.30. The minimum absolute atomic E-state index is 0.0781. The van der Waals surface area contributed by atoms with Gasteiger partial charge in [-0.25, -0.2) is 0 Å². The fourth-order valence-corrected chi connectivity index (χ4v) is 4.46. The van der Waals surface area contributed by atoms with Crippen LogP contribution in [0.3, 0.4) is 0 Å². The van der Waals surface area contributed by atoms with Crippen molar-refractivity contribution in [1.29, 1.82) is 0 Å². The summed E-state index contributed by atoms with van der Waals surface area (Å²) in [6.45, 7) is 3.57. The van der Waals surface area contributed by atoms with Crippen molar-refractivity contribution in [3.63, 3.8) is 0 Å². The van der Waals surface area contributed by atoms with Gasteiger partial charge in [0.2, 0.25) is 0 Å². The van der Waals surface area contributed by atoms with Crippen molar-refractivity contribution in [3.8, 4) is 0 Å². The van der Waals surface area contributed by atoms with Gasteiger partial charge in [-0.1, -0.05) is 0 Å². The first kappa shape index (κ1) is 14.6. The number of hydrogen-bond donors (Lipinski definition) is 1. The van der Waals surface area contributed by atoms with Gasteiger partial charge in [0.15, 0.2) is 5.79 Å². The summed E-state index contributed by atoms with van der Waals surface area (Å²) in [5.74, 6) is -1.17. The first-order valence-electron chi connectivity index (χ1n) is 6.71. The predicted molar refractivity (Wildman–Crippen MR) is 64.6 cm³/mol. The Morgan fingerprint density at radius 3 is 2.45 bits per heavy atom. The van der Waals surface area contributed by atoms with Crippen LogP contribution in [0.25, 0.3) is 0 Å². The second-order valence-electron chi connectivity index (χ2n) is 6.54. The Morgan fingerprint density at radius 2 is 1.85 bits per heavy atom. The van der Waals surface area contributed by atoms with Crippen LogP contribution >= 0.6 is 0 Å². The van der Waals surface area contributed by atoms with E-state index in [0.29, 0.717) is 6.42 Å². The second-order valence-corrected chi connectivity index (χ2v) is 8.08. The standard InChI is InChI=1S/C12H18F2O5S/c1-11(2)18-9-6-3-7(8(4-6)10(9)19-11)5-12(13,14)20(15,16)17/h6-10H,3-5H2,1-2H3,(H,15,16,17). The number of fused-ring (bicyclic) bond motifs is 5. The molecule has 2 saturated carbocycles. The van der Waals surface area contributed by atoms with Gasteiger partial charge in [-0.3, -0.25) is 4.55 Å². The van der Waals surface area contributed by atoms with Crippen LogP contribution < -0.4 is 0 Å². The van der Waals surface area contributed by atoms with E-state index < -0.39 is 33.5 Å². The van der Waals surface area contributed by atoms with Crippen LogP contribution in [0.2, 0.25) is 0 Å². The smallest absolute Gasteiger partial charge is 0.344 e. The number of ether oxygens (including phenoxy) is 2. The lowest BCUT2D eigenvalue weighted by atomic mass is 9.83. The molecule has 1 heterocycles. The van der Waals surface area contributed by atoms with E-state index in [2.05, 4.69) is 0 Å². The zero-order valence-electron chi connectivity index (χ0n) is 11.3. The van der Waals surface area contributed by atoms with E-state index in [9.17, 15) is 17.2 Å². The van der Waals surface area contributed by atoms with Gasteiger partial charge in [0.05, 0.1) is 12.2 Å². The third-order valence-corrected chi connectivity index (χ3v) is 5.63. The van der Waals surface area contributed by atoms with E-state index >= 15 is 0 Å². The maximum Gasteiger partial charge on any atom is 0.370 e. The Bertz CT molecular complexity index is 518. The minimum Gasteiger partial charge on any atom is -0.344 e. The normalized spacial score (nSPS) is 43.0. The Balaban J connectivity index is 1.74. The quantitative estimate of drug-likeness (QED) is 0.807. The van der Waals surface area contributed by atoms with Crippen LogP contribution in [0.1, 0.15) is 33.1 Å². The van der Waals surface area contributed by atoms with Crippen LogP contribution in [0, 0.1) is 17.8 Å². The van der Waals surface area contributed by atoms with Crippen LogP contribution in [0.4, 0.5) is 8.78 Å². The first-order chi connectivity index (χ1) is 9.00. The number of halogens is 2. The molecule has 5 nitrogen and oxygen atoms in total.